The summed E-state index contributed by atoms with van der Waals surface area (Å²) in [4.78, 5) is 18.1. The normalized spacial score (nSPS) is 15.8. The molecule has 7 nitrogen and oxygen atoms in total. The lowest BCUT2D eigenvalue weighted by atomic mass is 10.1. The number of ether oxygens (including phenoxy) is 1. The molecular weight excluding hydrogens is 354 g/mol. The van der Waals surface area contributed by atoms with E-state index < -0.39 is 5.60 Å². The number of nitrogens with one attached hydrogen (secondary N) is 1. The fraction of sp³-hybridized carbons (Fsp3) is 0.500. The fourth-order valence-electron chi connectivity index (χ4n) is 2.84. The van der Waals surface area contributed by atoms with Gasteiger partial charge < -0.3 is 15.0 Å². The van der Waals surface area contributed by atoms with E-state index in [1.54, 1.807) is 23.4 Å². The molecule has 2 aromatic rings. The average molecular weight is 378 g/mol. The number of carbonyl (C=O) groups is 1. The highest BCUT2D eigenvalue weighted by molar-refractivity contribution is 6.30. The second kappa shape index (κ2) is 7.53. The first-order chi connectivity index (χ1) is 12.3. The van der Waals surface area contributed by atoms with Crippen molar-refractivity contribution < 1.29 is 9.53 Å². The SMILES string of the molecule is CC(C)(C)OC(=O)N1CCC(n2cc(Nc3ccc(Cl)cn3)cn2)CC1. The van der Waals surface area contributed by atoms with Gasteiger partial charge in [-0.2, -0.15) is 5.10 Å². The van der Waals surface area contributed by atoms with E-state index >= 15 is 0 Å². The number of rotatable bonds is 3. The van der Waals surface area contributed by atoms with Crippen LogP contribution in [-0.4, -0.2) is 44.4 Å². The van der Waals surface area contributed by atoms with Gasteiger partial charge in [0.15, 0.2) is 0 Å². The van der Waals surface area contributed by atoms with Gasteiger partial charge in [-0.1, -0.05) is 11.6 Å². The van der Waals surface area contributed by atoms with Gasteiger partial charge in [-0.25, -0.2) is 9.78 Å². The maximum atomic E-state index is 12.1. The summed E-state index contributed by atoms with van der Waals surface area (Å²) in [6.45, 7) is 6.98. The number of pyridine rings is 1. The van der Waals surface area contributed by atoms with Gasteiger partial charge in [-0.05, 0) is 45.7 Å². The number of hydrogen-bond acceptors (Lipinski definition) is 5. The summed E-state index contributed by atoms with van der Waals surface area (Å²) >= 11 is 5.85. The van der Waals surface area contributed by atoms with Crippen molar-refractivity contribution in [3.8, 4) is 0 Å². The topological polar surface area (TPSA) is 72.3 Å². The van der Waals surface area contributed by atoms with Crippen LogP contribution in [-0.2, 0) is 4.74 Å². The third-order valence-electron chi connectivity index (χ3n) is 4.09. The number of halogens is 1. The van der Waals surface area contributed by atoms with Crippen LogP contribution in [0.5, 0.6) is 0 Å². The van der Waals surface area contributed by atoms with E-state index in [2.05, 4.69) is 15.4 Å². The van der Waals surface area contributed by atoms with Gasteiger partial charge in [0.1, 0.15) is 11.4 Å². The van der Waals surface area contributed by atoms with Crippen molar-refractivity contribution in [2.75, 3.05) is 18.4 Å². The van der Waals surface area contributed by atoms with Crippen molar-refractivity contribution in [3.05, 3.63) is 35.7 Å². The van der Waals surface area contributed by atoms with E-state index in [1.807, 2.05) is 37.7 Å². The number of hydrogen-bond donors (Lipinski definition) is 1. The smallest absolute Gasteiger partial charge is 0.410 e. The first-order valence-electron chi connectivity index (χ1n) is 8.71. The molecule has 0 spiro atoms. The Hall–Kier alpha value is -2.28. The van der Waals surface area contributed by atoms with Crippen molar-refractivity contribution in [1.29, 1.82) is 0 Å². The standard InChI is InChI=1S/C18H24ClN5O2/c1-18(2,3)26-17(25)23-8-6-15(7-9-23)24-12-14(11-21-24)22-16-5-4-13(19)10-20-16/h4-5,10-12,15H,6-9H2,1-3H3,(H,20,22). The molecule has 2 aromatic heterocycles. The predicted molar refractivity (Wildman–Crippen MR) is 101 cm³/mol. The molecule has 0 unspecified atom stereocenters. The number of piperidine rings is 1. The van der Waals surface area contributed by atoms with Gasteiger partial charge in [0, 0.05) is 25.5 Å². The highest BCUT2D eigenvalue weighted by Gasteiger charge is 2.27. The molecule has 0 atom stereocenters. The molecule has 0 aromatic carbocycles. The van der Waals surface area contributed by atoms with Crippen LogP contribution < -0.4 is 5.32 Å². The highest BCUT2D eigenvalue weighted by Crippen LogP contribution is 2.25. The van der Waals surface area contributed by atoms with Crippen LogP contribution in [0.2, 0.25) is 5.02 Å². The molecule has 1 N–H and O–H groups in total. The maximum absolute atomic E-state index is 12.1. The number of carbonyl (C=O) groups excluding carboxylic acids is 1. The summed E-state index contributed by atoms with van der Waals surface area (Å²) in [6, 6.07) is 3.87. The summed E-state index contributed by atoms with van der Waals surface area (Å²) in [6.07, 6.45) is 6.79. The average Bonchev–Trinajstić information content (AvgIpc) is 3.04. The monoisotopic (exact) mass is 377 g/mol. The quantitative estimate of drug-likeness (QED) is 0.865. The zero-order chi connectivity index (χ0) is 18.7. The number of aromatic nitrogens is 3. The molecule has 0 radical (unpaired) electrons. The predicted octanol–water partition coefficient (Wildman–Crippen LogP) is 4.25. The van der Waals surface area contributed by atoms with Crippen LogP contribution in [0.25, 0.3) is 0 Å². The molecule has 1 aliphatic heterocycles. The summed E-state index contributed by atoms with van der Waals surface area (Å²) in [5.74, 6) is 0.716. The molecule has 0 saturated carbocycles. The summed E-state index contributed by atoms with van der Waals surface area (Å²) < 4.78 is 7.38. The number of likely N-dealkylation sites (tertiary alicyclic amines) is 1. The lowest BCUT2D eigenvalue weighted by Gasteiger charge is -2.33. The molecule has 1 saturated heterocycles. The second-order valence-electron chi connectivity index (χ2n) is 7.39. The largest absolute Gasteiger partial charge is 0.444 e. The number of nitrogens with zero attached hydrogens (tertiary/aromatic N) is 4. The van der Waals surface area contributed by atoms with Crippen LogP contribution in [0.15, 0.2) is 30.7 Å². The Morgan fingerprint density at radius 2 is 2.00 bits per heavy atom. The molecule has 1 fully saturated rings. The Balaban J connectivity index is 1.54. The lowest BCUT2D eigenvalue weighted by Crippen LogP contribution is -2.42. The molecular formula is C18H24ClN5O2. The first-order valence-corrected chi connectivity index (χ1v) is 9.08. The fourth-order valence-corrected chi connectivity index (χ4v) is 2.95. The summed E-state index contributed by atoms with van der Waals surface area (Å²) in [7, 11) is 0. The van der Waals surface area contributed by atoms with Crippen molar-refractivity contribution in [2.24, 2.45) is 0 Å². The Labute approximate surface area is 158 Å². The van der Waals surface area contributed by atoms with Crippen molar-refractivity contribution in [2.45, 2.75) is 45.3 Å². The maximum Gasteiger partial charge on any atom is 0.410 e. The van der Waals surface area contributed by atoms with Crippen LogP contribution in [0.1, 0.15) is 39.7 Å². The molecule has 0 bridgehead atoms. The zero-order valence-electron chi connectivity index (χ0n) is 15.3. The third-order valence-corrected chi connectivity index (χ3v) is 4.32. The molecule has 3 rings (SSSR count). The van der Waals surface area contributed by atoms with Gasteiger partial charge in [0.05, 0.1) is 22.9 Å². The molecule has 3 heterocycles. The molecule has 1 amide bonds. The van der Waals surface area contributed by atoms with E-state index in [1.165, 1.54) is 0 Å². The van der Waals surface area contributed by atoms with Crippen LogP contribution in [0.3, 0.4) is 0 Å². The minimum Gasteiger partial charge on any atom is -0.444 e. The Kier molecular flexibility index (Phi) is 5.36. The highest BCUT2D eigenvalue weighted by atomic mass is 35.5. The van der Waals surface area contributed by atoms with E-state index in [9.17, 15) is 4.79 Å². The van der Waals surface area contributed by atoms with Crippen molar-refractivity contribution in [1.82, 2.24) is 19.7 Å². The van der Waals surface area contributed by atoms with E-state index in [4.69, 9.17) is 16.3 Å². The zero-order valence-corrected chi connectivity index (χ0v) is 16.0. The van der Waals surface area contributed by atoms with E-state index in [0.29, 0.717) is 23.9 Å². The second-order valence-corrected chi connectivity index (χ2v) is 7.83. The summed E-state index contributed by atoms with van der Waals surface area (Å²) in [5.41, 5.74) is 0.404. The van der Waals surface area contributed by atoms with Gasteiger partial charge in [-0.15, -0.1) is 0 Å². The van der Waals surface area contributed by atoms with E-state index in [0.717, 1.165) is 18.5 Å². The lowest BCUT2D eigenvalue weighted by molar-refractivity contribution is 0.0185. The minimum atomic E-state index is -0.466. The Morgan fingerprint density at radius 1 is 1.27 bits per heavy atom. The number of anilines is 2. The van der Waals surface area contributed by atoms with Gasteiger partial charge in [-0.3, -0.25) is 4.68 Å². The van der Waals surface area contributed by atoms with E-state index in [-0.39, 0.29) is 12.1 Å². The van der Waals surface area contributed by atoms with Crippen LogP contribution in [0.4, 0.5) is 16.3 Å². The van der Waals surface area contributed by atoms with Gasteiger partial charge in [0.25, 0.3) is 0 Å². The summed E-state index contributed by atoms with van der Waals surface area (Å²) in [5, 5.41) is 8.25. The van der Waals surface area contributed by atoms with Crippen LogP contribution >= 0.6 is 11.6 Å². The molecule has 8 heteroatoms. The van der Waals surface area contributed by atoms with Crippen LogP contribution in [0, 0.1) is 0 Å². The van der Waals surface area contributed by atoms with Crippen molar-refractivity contribution in [3.63, 3.8) is 0 Å². The van der Waals surface area contributed by atoms with Gasteiger partial charge in [0.2, 0.25) is 0 Å². The first kappa shape index (κ1) is 18.5. The minimum absolute atomic E-state index is 0.243. The molecule has 1 aliphatic rings. The Morgan fingerprint density at radius 3 is 2.62 bits per heavy atom. The molecule has 26 heavy (non-hydrogen) atoms. The third kappa shape index (κ3) is 4.88. The molecule has 0 aliphatic carbocycles. The number of amides is 1. The molecule has 140 valence electrons. The van der Waals surface area contributed by atoms with Gasteiger partial charge >= 0.3 is 6.09 Å². The Bertz CT molecular complexity index is 746. The van der Waals surface area contributed by atoms with Crippen molar-refractivity contribution >= 4 is 29.2 Å².